The molecule has 4 rings (SSSR count). The summed E-state index contributed by atoms with van der Waals surface area (Å²) in [5.74, 6) is 1.64. The predicted molar refractivity (Wildman–Crippen MR) is 94.6 cm³/mol. The van der Waals surface area contributed by atoms with E-state index in [2.05, 4.69) is 31.2 Å². The van der Waals surface area contributed by atoms with Gasteiger partial charge in [0.1, 0.15) is 11.9 Å². The predicted octanol–water partition coefficient (Wildman–Crippen LogP) is 4.67. The van der Waals surface area contributed by atoms with Gasteiger partial charge in [-0.25, -0.2) is 0 Å². The highest BCUT2D eigenvalue weighted by molar-refractivity contribution is 5.52. The number of aryl methyl sites for hydroxylation is 2. The molecule has 3 aliphatic rings. The first-order valence-corrected chi connectivity index (χ1v) is 9.51. The van der Waals surface area contributed by atoms with Crippen LogP contribution in [-0.2, 0) is 15.9 Å². The Morgan fingerprint density at radius 3 is 3.04 bits per heavy atom. The van der Waals surface area contributed by atoms with E-state index in [1.54, 1.807) is 0 Å². The Morgan fingerprint density at radius 1 is 1.21 bits per heavy atom. The van der Waals surface area contributed by atoms with Gasteiger partial charge in [-0.3, -0.25) is 0 Å². The molecule has 1 unspecified atom stereocenters. The van der Waals surface area contributed by atoms with Crippen LogP contribution in [-0.4, -0.2) is 25.6 Å². The van der Waals surface area contributed by atoms with Crippen LogP contribution in [0.2, 0.25) is 0 Å². The quantitative estimate of drug-likeness (QED) is 0.561. The molecule has 1 aromatic carbocycles. The SMILES string of the molecule is Cc1cc(CCCCOC2CCCCO2)c2c(c1)[C@H]1C=CC[C@H]1O2. The Labute approximate surface area is 145 Å². The highest BCUT2D eigenvalue weighted by Crippen LogP contribution is 2.46. The van der Waals surface area contributed by atoms with Crippen LogP contribution in [0.1, 0.15) is 61.1 Å². The molecule has 3 nitrogen and oxygen atoms in total. The third-order valence-electron chi connectivity index (χ3n) is 5.36. The number of rotatable bonds is 6. The number of hydrogen-bond donors (Lipinski definition) is 0. The van der Waals surface area contributed by atoms with Gasteiger partial charge in [0.15, 0.2) is 6.29 Å². The van der Waals surface area contributed by atoms with Gasteiger partial charge in [-0.1, -0.05) is 29.8 Å². The molecule has 0 bridgehead atoms. The lowest BCUT2D eigenvalue weighted by Crippen LogP contribution is -2.22. The molecule has 1 aliphatic carbocycles. The van der Waals surface area contributed by atoms with Crippen LogP contribution in [0.15, 0.2) is 24.3 Å². The summed E-state index contributed by atoms with van der Waals surface area (Å²) in [5, 5.41) is 0. The fraction of sp³-hybridized carbons (Fsp3) is 0.619. The highest BCUT2D eigenvalue weighted by atomic mass is 16.7. The molecule has 0 aromatic heterocycles. The van der Waals surface area contributed by atoms with E-state index < -0.39 is 0 Å². The molecule has 0 amide bonds. The first-order chi connectivity index (χ1) is 11.8. The number of hydrogen-bond acceptors (Lipinski definition) is 3. The van der Waals surface area contributed by atoms with Crippen LogP contribution in [0.25, 0.3) is 0 Å². The molecule has 0 saturated carbocycles. The third-order valence-corrected chi connectivity index (χ3v) is 5.36. The van der Waals surface area contributed by atoms with Gasteiger partial charge in [0, 0.05) is 31.1 Å². The van der Waals surface area contributed by atoms with Gasteiger partial charge in [-0.15, -0.1) is 0 Å². The molecule has 0 spiro atoms. The monoisotopic (exact) mass is 328 g/mol. The van der Waals surface area contributed by atoms with Crippen molar-refractivity contribution in [3.05, 3.63) is 41.0 Å². The van der Waals surface area contributed by atoms with E-state index in [-0.39, 0.29) is 6.29 Å². The Bertz CT molecular complexity index is 601. The topological polar surface area (TPSA) is 27.7 Å². The van der Waals surface area contributed by atoms with Crippen LogP contribution in [0, 0.1) is 6.92 Å². The third kappa shape index (κ3) is 3.38. The largest absolute Gasteiger partial charge is 0.489 e. The van der Waals surface area contributed by atoms with E-state index in [4.69, 9.17) is 14.2 Å². The van der Waals surface area contributed by atoms with Crippen LogP contribution in [0.4, 0.5) is 0 Å². The van der Waals surface area contributed by atoms with Crippen molar-refractivity contribution in [2.45, 2.75) is 70.2 Å². The van der Waals surface area contributed by atoms with Crippen LogP contribution >= 0.6 is 0 Å². The second kappa shape index (κ2) is 7.28. The minimum atomic E-state index is 0.0384. The summed E-state index contributed by atoms with van der Waals surface area (Å²) in [6, 6.07) is 4.61. The molecule has 0 N–H and O–H groups in total. The fourth-order valence-electron chi connectivity index (χ4n) is 4.14. The Morgan fingerprint density at radius 2 is 2.17 bits per heavy atom. The summed E-state index contributed by atoms with van der Waals surface area (Å²) in [7, 11) is 0. The first-order valence-electron chi connectivity index (χ1n) is 9.51. The van der Waals surface area contributed by atoms with Gasteiger partial charge < -0.3 is 14.2 Å². The Hall–Kier alpha value is -1.32. The number of fused-ring (bicyclic) bond motifs is 3. The van der Waals surface area contributed by atoms with Crippen LogP contribution in [0.3, 0.4) is 0 Å². The Kier molecular flexibility index (Phi) is 4.91. The van der Waals surface area contributed by atoms with E-state index in [0.29, 0.717) is 12.0 Å². The normalized spacial score (nSPS) is 27.8. The van der Waals surface area contributed by atoms with Crippen molar-refractivity contribution in [1.82, 2.24) is 0 Å². The fourth-order valence-corrected chi connectivity index (χ4v) is 4.14. The van der Waals surface area contributed by atoms with E-state index in [1.165, 1.54) is 29.5 Å². The average molecular weight is 328 g/mol. The lowest BCUT2D eigenvalue weighted by atomic mass is 9.93. The van der Waals surface area contributed by atoms with E-state index in [1.807, 2.05) is 0 Å². The van der Waals surface area contributed by atoms with E-state index in [0.717, 1.165) is 51.1 Å². The molecule has 3 atom stereocenters. The molecular weight excluding hydrogens is 300 g/mol. The minimum Gasteiger partial charge on any atom is -0.489 e. The van der Waals surface area contributed by atoms with E-state index in [9.17, 15) is 0 Å². The second-order valence-electron chi connectivity index (χ2n) is 7.31. The zero-order chi connectivity index (χ0) is 16.4. The molecule has 1 fully saturated rings. The van der Waals surface area contributed by atoms with Gasteiger partial charge in [0.05, 0.1) is 0 Å². The molecule has 2 aliphatic heterocycles. The first kappa shape index (κ1) is 16.2. The van der Waals surface area contributed by atoms with Crippen molar-refractivity contribution < 1.29 is 14.2 Å². The molecular formula is C21H28O3. The minimum absolute atomic E-state index is 0.0384. The van der Waals surface area contributed by atoms with Crippen molar-refractivity contribution >= 4 is 0 Å². The summed E-state index contributed by atoms with van der Waals surface area (Å²) in [6.45, 7) is 3.85. The number of benzene rings is 1. The van der Waals surface area contributed by atoms with Gasteiger partial charge in [0.2, 0.25) is 0 Å². The van der Waals surface area contributed by atoms with Crippen molar-refractivity contribution in [1.29, 1.82) is 0 Å². The van der Waals surface area contributed by atoms with Gasteiger partial charge in [0.25, 0.3) is 0 Å². The number of ether oxygens (including phenoxy) is 3. The molecule has 3 heteroatoms. The molecule has 24 heavy (non-hydrogen) atoms. The van der Waals surface area contributed by atoms with Crippen LogP contribution < -0.4 is 4.74 Å². The van der Waals surface area contributed by atoms with Crippen molar-refractivity contribution in [2.24, 2.45) is 0 Å². The van der Waals surface area contributed by atoms with Gasteiger partial charge >= 0.3 is 0 Å². The Balaban J connectivity index is 1.30. The van der Waals surface area contributed by atoms with Crippen molar-refractivity contribution in [3.63, 3.8) is 0 Å². The maximum atomic E-state index is 6.26. The molecule has 1 saturated heterocycles. The molecule has 130 valence electrons. The lowest BCUT2D eigenvalue weighted by molar-refractivity contribution is -0.162. The van der Waals surface area contributed by atoms with Crippen LogP contribution in [0.5, 0.6) is 5.75 Å². The van der Waals surface area contributed by atoms with E-state index >= 15 is 0 Å². The summed E-state index contributed by atoms with van der Waals surface area (Å²) >= 11 is 0. The summed E-state index contributed by atoms with van der Waals surface area (Å²) in [4.78, 5) is 0. The molecule has 2 heterocycles. The average Bonchev–Trinajstić information content (AvgIpc) is 3.17. The second-order valence-corrected chi connectivity index (χ2v) is 7.31. The van der Waals surface area contributed by atoms with Crippen molar-refractivity contribution in [3.8, 4) is 5.75 Å². The standard InChI is InChI=1S/C21H28O3/c1-15-13-16(7-2-4-11-22-20-10-3-5-12-23-20)21-18(14-15)17-8-6-9-19(17)24-21/h6,8,13-14,17,19-20H,2-5,7,9-12H2,1H3/t17-,19-,20?/m1/s1. The highest BCUT2D eigenvalue weighted by Gasteiger charge is 2.36. The smallest absolute Gasteiger partial charge is 0.157 e. The summed E-state index contributed by atoms with van der Waals surface area (Å²) < 4.78 is 17.7. The maximum absolute atomic E-state index is 6.26. The zero-order valence-electron chi connectivity index (χ0n) is 14.6. The molecule has 1 aromatic rings. The lowest BCUT2D eigenvalue weighted by Gasteiger charge is -2.22. The maximum Gasteiger partial charge on any atom is 0.157 e. The van der Waals surface area contributed by atoms with Gasteiger partial charge in [-0.05, 0) is 51.0 Å². The van der Waals surface area contributed by atoms with Crippen molar-refractivity contribution in [2.75, 3.05) is 13.2 Å². The number of unbranched alkanes of at least 4 members (excludes halogenated alkanes) is 1. The summed E-state index contributed by atoms with van der Waals surface area (Å²) in [6.07, 6.45) is 12.7. The summed E-state index contributed by atoms with van der Waals surface area (Å²) in [5.41, 5.74) is 4.12. The zero-order valence-corrected chi connectivity index (χ0v) is 14.6. The molecule has 0 radical (unpaired) electrons. The van der Waals surface area contributed by atoms with Gasteiger partial charge in [-0.2, -0.15) is 0 Å².